The van der Waals surface area contributed by atoms with Crippen LogP contribution in [0.4, 0.5) is 0 Å². The zero-order valence-electron chi connectivity index (χ0n) is 12.3. The number of hydrogen-bond donors (Lipinski definition) is 0. The van der Waals surface area contributed by atoms with Crippen LogP contribution < -0.4 is 10.3 Å². The van der Waals surface area contributed by atoms with E-state index in [1.807, 2.05) is 42.5 Å². The maximum atomic E-state index is 12.6. The lowest BCUT2D eigenvalue weighted by molar-refractivity contribution is 0.414. The Morgan fingerprint density at radius 2 is 1.95 bits per heavy atom. The maximum Gasteiger partial charge on any atom is 0.274 e. The van der Waals surface area contributed by atoms with E-state index in [2.05, 4.69) is 11.7 Å². The summed E-state index contributed by atoms with van der Waals surface area (Å²) in [5, 5.41) is 5.76. The van der Waals surface area contributed by atoms with Crippen molar-refractivity contribution < 1.29 is 4.74 Å². The molecule has 0 spiro atoms. The Balaban J connectivity index is 2.02. The van der Waals surface area contributed by atoms with E-state index in [0.29, 0.717) is 11.9 Å². The molecule has 110 valence electrons. The van der Waals surface area contributed by atoms with Crippen LogP contribution in [-0.2, 0) is 6.54 Å². The van der Waals surface area contributed by atoms with Gasteiger partial charge in [0.1, 0.15) is 5.75 Å². The number of fused-ring (bicyclic) bond motifs is 1. The molecule has 4 heteroatoms. The standard InChI is InChI=1S/C18H16N2O2/c1-3-14-5-4-6-16-17(14)11-19-20(18(16)21)12-13-7-9-15(22-2)10-8-13/h3-11H,1,12H2,2H3. The van der Waals surface area contributed by atoms with Gasteiger partial charge in [-0.3, -0.25) is 4.79 Å². The van der Waals surface area contributed by atoms with Gasteiger partial charge in [0.25, 0.3) is 5.56 Å². The lowest BCUT2D eigenvalue weighted by atomic mass is 10.1. The van der Waals surface area contributed by atoms with Crippen LogP contribution in [0.2, 0.25) is 0 Å². The van der Waals surface area contributed by atoms with Crippen LogP contribution in [0.1, 0.15) is 11.1 Å². The highest BCUT2D eigenvalue weighted by Crippen LogP contribution is 2.16. The Bertz CT molecular complexity index is 880. The molecule has 0 bridgehead atoms. The Morgan fingerprint density at radius 3 is 2.64 bits per heavy atom. The molecule has 1 heterocycles. The molecular formula is C18H16N2O2. The third-order valence-corrected chi connectivity index (χ3v) is 3.64. The first kappa shape index (κ1) is 14.1. The van der Waals surface area contributed by atoms with Gasteiger partial charge in [-0.25, -0.2) is 4.68 Å². The quantitative estimate of drug-likeness (QED) is 0.742. The molecule has 0 aliphatic heterocycles. The number of aromatic nitrogens is 2. The van der Waals surface area contributed by atoms with E-state index in [0.717, 1.165) is 22.3 Å². The second-order valence-electron chi connectivity index (χ2n) is 4.97. The van der Waals surface area contributed by atoms with Crippen molar-refractivity contribution in [1.29, 1.82) is 0 Å². The summed E-state index contributed by atoms with van der Waals surface area (Å²) in [7, 11) is 1.63. The summed E-state index contributed by atoms with van der Waals surface area (Å²) in [6.07, 6.45) is 3.45. The fraction of sp³-hybridized carbons (Fsp3) is 0.111. The third-order valence-electron chi connectivity index (χ3n) is 3.64. The molecule has 4 nitrogen and oxygen atoms in total. The third kappa shape index (κ3) is 2.51. The van der Waals surface area contributed by atoms with Gasteiger partial charge < -0.3 is 4.74 Å². The van der Waals surface area contributed by atoms with E-state index in [1.165, 1.54) is 4.68 Å². The van der Waals surface area contributed by atoms with E-state index in [4.69, 9.17) is 4.74 Å². The first-order valence-corrected chi connectivity index (χ1v) is 6.97. The van der Waals surface area contributed by atoms with Gasteiger partial charge in [0, 0.05) is 5.39 Å². The normalized spacial score (nSPS) is 10.6. The van der Waals surface area contributed by atoms with Crippen molar-refractivity contribution in [2.45, 2.75) is 6.54 Å². The molecule has 0 radical (unpaired) electrons. The summed E-state index contributed by atoms with van der Waals surface area (Å²) >= 11 is 0. The minimum absolute atomic E-state index is 0.1000. The molecule has 0 aliphatic rings. The zero-order valence-corrected chi connectivity index (χ0v) is 12.3. The van der Waals surface area contributed by atoms with Crippen LogP contribution in [-0.4, -0.2) is 16.9 Å². The average Bonchev–Trinajstić information content (AvgIpc) is 2.57. The molecule has 1 aromatic heterocycles. The molecule has 3 rings (SSSR count). The van der Waals surface area contributed by atoms with Gasteiger partial charge in [0.15, 0.2) is 0 Å². The summed E-state index contributed by atoms with van der Waals surface area (Å²) in [4.78, 5) is 12.6. The fourth-order valence-corrected chi connectivity index (χ4v) is 2.43. The number of methoxy groups -OCH3 is 1. The van der Waals surface area contributed by atoms with Gasteiger partial charge in [-0.1, -0.05) is 36.9 Å². The predicted octanol–water partition coefficient (Wildman–Crippen LogP) is 3.10. The second-order valence-corrected chi connectivity index (χ2v) is 4.97. The Morgan fingerprint density at radius 1 is 1.18 bits per heavy atom. The molecule has 2 aromatic carbocycles. The Hall–Kier alpha value is -2.88. The van der Waals surface area contributed by atoms with Crippen molar-refractivity contribution in [3.05, 3.63) is 76.7 Å². The van der Waals surface area contributed by atoms with E-state index in [-0.39, 0.29) is 5.56 Å². The van der Waals surface area contributed by atoms with E-state index in [1.54, 1.807) is 19.4 Å². The van der Waals surface area contributed by atoms with Crippen LogP contribution in [0.25, 0.3) is 16.8 Å². The average molecular weight is 292 g/mol. The van der Waals surface area contributed by atoms with Crippen LogP contribution in [0.3, 0.4) is 0 Å². The van der Waals surface area contributed by atoms with Crippen molar-refractivity contribution in [2.24, 2.45) is 0 Å². The Kier molecular flexibility index (Phi) is 3.74. The molecule has 0 saturated carbocycles. The summed E-state index contributed by atoms with van der Waals surface area (Å²) in [5.74, 6) is 0.790. The minimum atomic E-state index is -0.1000. The number of hydrogen-bond acceptors (Lipinski definition) is 3. The SMILES string of the molecule is C=Cc1cccc2c(=O)n(Cc3ccc(OC)cc3)ncc12. The molecule has 0 amide bonds. The molecule has 22 heavy (non-hydrogen) atoms. The number of nitrogens with zero attached hydrogens (tertiary/aromatic N) is 2. The molecule has 0 fully saturated rings. The summed E-state index contributed by atoms with van der Waals surface area (Å²) in [6, 6.07) is 13.2. The summed E-state index contributed by atoms with van der Waals surface area (Å²) in [6.45, 7) is 4.20. The van der Waals surface area contributed by atoms with Crippen molar-refractivity contribution in [3.63, 3.8) is 0 Å². The highest BCUT2D eigenvalue weighted by Gasteiger charge is 2.07. The molecule has 0 unspecified atom stereocenters. The van der Waals surface area contributed by atoms with Gasteiger partial charge in [0.2, 0.25) is 0 Å². The first-order valence-electron chi connectivity index (χ1n) is 6.97. The maximum absolute atomic E-state index is 12.6. The lowest BCUT2D eigenvalue weighted by Crippen LogP contribution is -2.23. The molecule has 0 atom stereocenters. The minimum Gasteiger partial charge on any atom is -0.497 e. The van der Waals surface area contributed by atoms with Gasteiger partial charge in [-0.05, 0) is 29.3 Å². The fourth-order valence-electron chi connectivity index (χ4n) is 2.43. The van der Waals surface area contributed by atoms with Gasteiger partial charge >= 0.3 is 0 Å². The molecule has 0 saturated heterocycles. The highest BCUT2D eigenvalue weighted by atomic mass is 16.5. The topological polar surface area (TPSA) is 44.1 Å². The lowest BCUT2D eigenvalue weighted by Gasteiger charge is -2.08. The monoisotopic (exact) mass is 292 g/mol. The van der Waals surface area contributed by atoms with Crippen LogP contribution >= 0.6 is 0 Å². The van der Waals surface area contributed by atoms with Crippen molar-refractivity contribution in [3.8, 4) is 5.75 Å². The molecule has 3 aromatic rings. The van der Waals surface area contributed by atoms with E-state index < -0.39 is 0 Å². The number of rotatable bonds is 4. The van der Waals surface area contributed by atoms with Gasteiger partial charge in [0.05, 0.1) is 25.2 Å². The predicted molar refractivity (Wildman–Crippen MR) is 88.2 cm³/mol. The van der Waals surface area contributed by atoms with E-state index in [9.17, 15) is 4.79 Å². The van der Waals surface area contributed by atoms with Crippen LogP contribution in [0, 0.1) is 0 Å². The highest BCUT2D eigenvalue weighted by molar-refractivity contribution is 5.88. The summed E-state index contributed by atoms with van der Waals surface area (Å²) in [5.41, 5.74) is 1.81. The first-order chi connectivity index (χ1) is 10.7. The molecule has 0 aliphatic carbocycles. The van der Waals surface area contributed by atoms with Crippen molar-refractivity contribution in [1.82, 2.24) is 9.78 Å². The van der Waals surface area contributed by atoms with Gasteiger partial charge in [-0.15, -0.1) is 0 Å². The van der Waals surface area contributed by atoms with E-state index >= 15 is 0 Å². The largest absolute Gasteiger partial charge is 0.497 e. The van der Waals surface area contributed by atoms with Crippen molar-refractivity contribution >= 4 is 16.8 Å². The van der Waals surface area contributed by atoms with Gasteiger partial charge in [-0.2, -0.15) is 5.10 Å². The smallest absolute Gasteiger partial charge is 0.274 e. The van der Waals surface area contributed by atoms with Crippen LogP contribution in [0.5, 0.6) is 5.75 Å². The number of ether oxygens (including phenoxy) is 1. The summed E-state index contributed by atoms with van der Waals surface area (Å²) < 4.78 is 6.60. The van der Waals surface area contributed by atoms with Crippen molar-refractivity contribution in [2.75, 3.05) is 7.11 Å². The zero-order chi connectivity index (χ0) is 15.5. The Labute approximate surface area is 128 Å². The number of benzene rings is 2. The second kappa shape index (κ2) is 5.85. The van der Waals surface area contributed by atoms with Crippen LogP contribution in [0.15, 0.2) is 60.0 Å². The molecule has 0 N–H and O–H groups in total. The molecular weight excluding hydrogens is 276 g/mol.